The first kappa shape index (κ1) is 13.8. The molecule has 0 saturated heterocycles. The van der Waals surface area contributed by atoms with Gasteiger partial charge < -0.3 is 0 Å². The summed E-state index contributed by atoms with van der Waals surface area (Å²) in [6.07, 6.45) is 15.6. The van der Waals surface area contributed by atoms with Gasteiger partial charge in [0.05, 0.1) is 11.0 Å². The van der Waals surface area contributed by atoms with Gasteiger partial charge in [0, 0.05) is 6.42 Å². The van der Waals surface area contributed by atoms with Crippen LogP contribution in [-0.4, -0.2) is 30.3 Å². The largest absolute Gasteiger partial charge is 0.299 e. The van der Waals surface area contributed by atoms with E-state index >= 15 is 0 Å². The van der Waals surface area contributed by atoms with Gasteiger partial charge >= 0.3 is 0 Å². The first-order valence-corrected chi connectivity index (χ1v) is 8.75. The molecular formula is C19H27NO. The molecule has 2 heteroatoms. The predicted octanol–water partition coefficient (Wildman–Crippen LogP) is 3.88. The highest BCUT2D eigenvalue weighted by Gasteiger charge is 2.68. The summed E-state index contributed by atoms with van der Waals surface area (Å²) < 4.78 is 0. The van der Waals surface area contributed by atoms with Crippen molar-refractivity contribution in [2.24, 2.45) is 11.3 Å². The van der Waals surface area contributed by atoms with Gasteiger partial charge in [-0.25, -0.2) is 0 Å². The van der Waals surface area contributed by atoms with Gasteiger partial charge in [-0.3, -0.25) is 9.69 Å². The van der Waals surface area contributed by atoms with Crippen molar-refractivity contribution >= 4 is 5.78 Å². The van der Waals surface area contributed by atoms with Crippen LogP contribution in [0.15, 0.2) is 23.3 Å². The lowest BCUT2D eigenvalue weighted by molar-refractivity contribution is -0.125. The third kappa shape index (κ3) is 1.60. The fourth-order valence-electron chi connectivity index (χ4n) is 5.81. The molecular weight excluding hydrogens is 258 g/mol. The summed E-state index contributed by atoms with van der Waals surface area (Å²) >= 11 is 0. The molecule has 0 spiro atoms. The Labute approximate surface area is 128 Å². The quantitative estimate of drug-likeness (QED) is 0.767. The van der Waals surface area contributed by atoms with Gasteiger partial charge in [-0.2, -0.15) is 0 Å². The van der Waals surface area contributed by atoms with Crippen molar-refractivity contribution < 1.29 is 4.79 Å². The number of carbonyl (C=O) groups is 1. The van der Waals surface area contributed by atoms with Crippen LogP contribution in [-0.2, 0) is 4.79 Å². The van der Waals surface area contributed by atoms with Gasteiger partial charge in [0.1, 0.15) is 5.78 Å². The van der Waals surface area contributed by atoms with Crippen LogP contribution in [0.2, 0.25) is 0 Å². The molecule has 4 aliphatic carbocycles. The first-order valence-electron chi connectivity index (χ1n) is 8.75. The van der Waals surface area contributed by atoms with Gasteiger partial charge in [0.15, 0.2) is 0 Å². The zero-order chi connectivity index (χ0) is 14.7. The van der Waals surface area contributed by atoms with Crippen molar-refractivity contribution in [3.8, 4) is 0 Å². The predicted molar refractivity (Wildman–Crippen MR) is 85.1 cm³/mol. The van der Waals surface area contributed by atoms with Crippen molar-refractivity contribution in [2.45, 2.75) is 63.3 Å². The molecule has 4 aliphatic rings. The zero-order valence-electron chi connectivity index (χ0n) is 13.5. The monoisotopic (exact) mass is 285 g/mol. The van der Waals surface area contributed by atoms with E-state index in [0.717, 1.165) is 12.8 Å². The summed E-state index contributed by atoms with van der Waals surface area (Å²) in [7, 11) is 4.39. The Morgan fingerprint density at radius 1 is 1.19 bits per heavy atom. The van der Waals surface area contributed by atoms with Gasteiger partial charge in [0.2, 0.25) is 0 Å². The molecule has 0 aromatic carbocycles. The average molecular weight is 285 g/mol. The molecule has 0 aromatic heterocycles. The Morgan fingerprint density at radius 2 is 2.05 bits per heavy atom. The highest BCUT2D eigenvalue weighted by Crippen LogP contribution is 2.66. The Kier molecular flexibility index (Phi) is 2.98. The maximum Gasteiger partial charge on any atom is 0.145 e. The first-order chi connectivity index (χ1) is 10.1. The van der Waals surface area contributed by atoms with Crippen LogP contribution >= 0.6 is 0 Å². The minimum absolute atomic E-state index is 0.0146. The molecule has 2 fully saturated rings. The normalized spacial score (nSPS) is 42.0. The fraction of sp³-hybridized carbons (Fsp3) is 0.737. The molecule has 114 valence electrons. The van der Waals surface area contributed by atoms with Crippen molar-refractivity contribution in [3.05, 3.63) is 23.3 Å². The van der Waals surface area contributed by atoms with Crippen molar-refractivity contribution in [1.82, 2.24) is 4.90 Å². The molecule has 0 radical (unpaired) electrons. The Morgan fingerprint density at radius 3 is 2.76 bits per heavy atom. The number of nitrogens with zero attached hydrogens (tertiary/aromatic N) is 1. The van der Waals surface area contributed by atoms with E-state index in [9.17, 15) is 4.79 Å². The summed E-state index contributed by atoms with van der Waals surface area (Å²) in [5, 5.41) is 0. The summed E-state index contributed by atoms with van der Waals surface area (Å²) in [5.74, 6) is 1.07. The maximum atomic E-state index is 12.8. The molecule has 0 aliphatic heterocycles. The second kappa shape index (κ2) is 4.55. The van der Waals surface area contributed by atoms with Crippen LogP contribution in [0.5, 0.6) is 0 Å². The van der Waals surface area contributed by atoms with Crippen LogP contribution in [0.4, 0.5) is 0 Å². The second-order valence-electron chi connectivity index (χ2n) is 7.79. The van der Waals surface area contributed by atoms with E-state index in [0.29, 0.717) is 11.7 Å². The van der Waals surface area contributed by atoms with Crippen LogP contribution in [0, 0.1) is 11.3 Å². The Balaban J connectivity index is 1.86. The molecule has 2 saturated carbocycles. The van der Waals surface area contributed by atoms with E-state index in [-0.39, 0.29) is 11.0 Å². The summed E-state index contributed by atoms with van der Waals surface area (Å²) in [6, 6.07) is 0. The van der Waals surface area contributed by atoms with E-state index in [1.54, 1.807) is 11.1 Å². The third-order valence-electron chi connectivity index (χ3n) is 6.78. The van der Waals surface area contributed by atoms with Crippen LogP contribution in [0.25, 0.3) is 0 Å². The number of Topliss-reactive ketones (excluding diaryl/α,β-unsaturated/α-hetero) is 1. The summed E-state index contributed by atoms with van der Waals surface area (Å²) in [5.41, 5.74) is 3.02. The molecule has 21 heavy (non-hydrogen) atoms. The number of rotatable bonds is 2. The standard InChI is InChI=1S/C19H27NO/c1-20(2)19-13-17(21)18(11-7-6-10-16(18)19)12-15(19)14-8-4-3-5-9-14/h8,12,16H,3-7,9-11,13H2,1-2H3/t16?,18-,19+/m0/s1. The van der Waals surface area contributed by atoms with Crippen molar-refractivity contribution in [1.29, 1.82) is 0 Å². The van der Waals surface area contributed by atoms with Crippen LogP contribution in [0.1, 0.15) is 57.8 Å². The van der Waals surface area contributed by atoms with E-state index in [1.165, 1.54) is 44.9 Å². The van der Waals surface area contributed by atoms with Crippen LogP contribution in [0.3, 0.4) is 0 Å². The highest BCUT2D eigenvalue weighted by molar-refractivity contribution is 5.95. The molecule has 4 rings (SSSR count). The number of hydrogen-bond acceptors (Lipinski definition) is 2. The topological polar surface area (TPSA) is 20.3 Å². The van der Waals surface area contributed by atoms with E-state index < -0.39 is 0 Å². The fourth-order valence-corrected chi connectivity index (χ4v) is 5.81. The third-order valence-corrected chi connectivity index (χ3v) is 6.78. The van der Waals surface area contributed by atoms with Gasteiger partial charge in [-0.1, -0.05) is 25.0 Å². The second-order valence-corrected chi connectivity index (χ2v) is 7.79. The lowest BCUT2D eigenvalue weighted by atomic mass is 9.68. The van der Waals surface area contributed by atoms with E-state index in [4.69, 9.17) is 0 Å². The molecule has 0 heterocycles. The number of ketones is 1. The smallest absolute Gasteiger partial charge is 0.145 e. The van der Waals surface area contributed by atoms with E-state index in [1.807, 2.05) is 0 Å². The van der Waals surface area contributed by atoms with Gasteiger partial charge in [-0.15, -0.1) is 0 Å². The van der Waals surface area contributed by atoms with Crippen LogP contribution < -0.4 is 0 Å². The Hall–Kier alpha value is -0.890. The molecule has 2 nitrogen and oxygen atoms in total. The summed E-state index contributed by atoms with van der Waals surface area (Å²) in [6.45, 7) is 0. The Bertz CT molecular complexity index is 544. The zero-order valence-corrected chi connectivity index (χ0v) is 13.5. The van der Waals surface area contributed by atoms with Crippen molar-refractivity contribution in [2.75, 3.05) is 14.1 Å². The number of likely N-dealkylation sites (N-methyl/N-ethyl adjacent to an activating group) is 1. The average Bonchev–Trinajstić information content (AvgIpc) is 2.95. The van der Waals surface area contributed by atoms with Gasteiger partial charge in [0.25, 0.3) is 0 Å². The minimum Gasteiger partial charge on any atom is -0.299 e. The minimum atomic E-state index is -0.101. The lowest BCUT2D eigenvalue weighted by Gasteiger charge is -2.44. The molecule has 0 aromatic rings. The number of hydrogen-bond donors (Lipinski definition) is 0. The molecule has 1 unspecified atom stereocenters. The van der Waals surface area contributed by atoms with Gasteiger partial charge in [-0.05, 0) is 69.7 Å². The molecule has 3 atom stereocenters. The maximum absolute atomic E-state index is 12.8. The SMILES string of the molecule is CN(C)[C@]12CC(=O)[C@]3(C=C1C1=CCCCC1)CCCCC32. The molecule has 2 bridgehead atoms. The lowest BCUT2D eigenvalue weighted by Crippen LogP contribution is -2.49. The molecule has 0 N–H and O–H groups in total. The summed E-state index contributed by atoms with van der Waals surface area (Å²) in [4.78, 5) is 15.2. The number of allylic oxidation sites excluding steroid dienone is 2. The number of carbonyl (C=O) groups excluding carboxylic acids is 1. The highest BCUT2D eigenvalue weighted by atomic mass is 16.1. The molecule has 0 amide bonds. The van der Waals surface area contributed by atoms with Crippen molar-refractivity contribution in [3.63, 3.8) is 0 Å². The van der Waals surface area contributed by atoms with E-state index in [2.05, 4.69) is 31.1 Å².